The molecule has 1 N–H and O–H groups in total. The lowest BCUT2D eigenvalue weighted by atomic mass is 10.1. The Kier molecular flexibility index (Phi) is 5.14. The number of benzene rings is 2. The van der Waals surface area contributed by atoms with E-state index in [9.17, 15) is 10.1 Å². The van der Waals surface area contributed by atoms with Crippen molar-refractivity contribution in [2.75, 3.05) is 11.9 Å². The molecule has 4 aromatic rings. The van der Waals surface area contributed by atoms with Crippen LogP contribution in [0, 0.1) is 25.2 Å². The highest BCUT2D eigenvalue weighted by Gasteiger charge is 2.17. The molecule has 0 radical (unpaired) electrons. The molecule has 0 saturated carbocycles. The average Bonchev–Trinajstić information content (AvgIpc) is 3.15. The van der Waals surface area contributed by atoms with Gasteiger partial charge in [0.2, 0.25) is 0 Å². The molecule has 0 saturated heterocycles. The molecule has 7 nitrogen and oxygen atoms in total. The SMILES string of the molecule is Cc1cccc(OCC(=O)Nc2c(C#N)cnn2-c2cc(C)c3ccccc3n2)c1. The van der Waals surface area contributed by atoms with E-state index in [1.807, 2.05) is 62.4 Å². The van der Waals surface area contributed by atoms with Crippen LogP contribution in [-0.4, -0.2) is 27.3 Å². The van der Waals surface area contributed by atoms with Crippen LogP contribution in [0.5, 0.6) is 5.75 Å². The van der Waals surface area contributed by atoms with E-state index in [4.69, 9.17) is 4.74 Å². The quantitative estimate of drug-likeness (QED) is 0.551. The third kappa shape index (κ3) is 3.84. The molecule has 0 unspecified atom stereocenters. The minimum Gasteiger partial charge on any atom is -0.484 e. The number of hydrogen-bond acceptors (Lipinski definition) is 5. The first-order valence-corrected chi connectivity index (χ1v) is 9.39. The second-order valence-electron chi connectivity index (χ2n) is 6.90. The van der Waals surface area contributed by atoms with Crippen LogP contribution in [-0.2, 0) is 4.79 Å². The number of rotatable bonds is 5. The first kappa shape index (κ1) is 19.2. The number of ether oxygens (including phenoxy) is 1. The van der Waals surface area contributed by atoms with E-state index in [2.05, 4.69) is 21.5 Å². The minimum absolute atomic E-state index is 0.191. The lowest BCUT2D eigenvalue weighted by Gasteiger charge is -2.12. The predicted octanol–water partition coefficient (Wildman–Crippen LogP) is 3.93. The molecule has 2 aromatic heterocycles. The van der Waals surface area contributed by atoms with Crippen LogP contribution in [0.4, 0.5) is 5.82 Å². The molecule has 0 atom stereocenters. The smallest absolute Gasteiger partial charge is 0.263 e. The van der Waals surface area contributed by atoms with Crippen LogP contribution < -0.4 is 10.1 Å². The highest BCUT2D eigenvalue weighted by atomic mass is 16.5. The molecule has 0 aliphatic heterocycles. The van der Waals surface area contributed by atoms with Gasteiger partial charge in [0.05, 0.1) is 11.7 Å². The predicted molar refractivity (Wildman–Crippen MR) is 114 cm³/mol. The van der Waals surface area contributed by atoms with Crippen molar-refractivity contribution in [2.45, 2.75) is 13.8 Å². The molecule has 30 heavy (non-hydrogen) atoms. The van der Waals surface area contributed by atoms with Gasteiger partial charge in [0, 0.05) is 5.39 Å². The number of aromatic nitrogens is 3. The van der Waals surface area contributed by atoms with Gasteiger partial charge in [0.15, 0.2) is 18.2 Å². The van der Waals surface area contributed by atoms with Crippen LogP contribution in [0.3, 0.4) is 0 Å². The number of nitrogens with zero attached hydrogens (tertiary/aromatic N) is 4. The number of amides is 1. The number of nitrogens with one attached hydrogen (secondary N) is 1. The van der Waals surface area contributed by atoms with Crippen molar-refractivity contribution in [3.8, 4) is 17.6 Å². The van der Waals surface area contributed by atoms with E-state index >= 15 is 0 Å². The minimum atomic E-state index is -0.396. The zero-order valence-electron chi connectivity index (χ0n) is 16.6. The molecule has 7 heteroatoms. The molecule has 0 aliphatic rings. The Labute approximate surface area is 173 Å². The van der Waals surface area contributed by atoms with E-state index in [1.165, 1.54) is 10.9 Å². The molecule has 0 spiro atoms. The first-order chi connectivity index (χ1) is 14.5. The van der Waals surface area contributed by atoms with Gasteiger partial charge < -0.3 is 10.1 Å². The number of para-hydroxylation sites is 1. The monoisotopic (exact) mass is 397 g/mol. The van der Waals surface area contributed by atoms with Crippen LogP contribution in [0.25, 0.3) is 16.7 Å². The number of fused-ring (bicyclic) bond motifs is 1. The second-order valence-corrected chi connectivity index (χ2v) is 6.90. The lowest BCUT2D eigenvalue weighted by molar-refractivity contribution is -0.118. The summed E-state index contributed by atoms with van der Waals surface area (Å²) in [5, 5.41) is 17.5. The van der Waals surface area contributed by atoms with Crippen molar-refractivity contribution >= 4 is 22.6 Å². The van der Waals surface area contributed by atoms with Gasteiger partial charge >= 0.3 is 0 Å². The largest absolute Gasteiger partial charge is 0.484 e. The number of nitriles is 1. The molecule has 0 fully saturated rings. The molecule has 148 valence electrons. The van der Waals surface area contributed by atoms with Crippen molar-refractivity contribution in [2.24, 2.45) is 0 Å². The van der Waals surface area contributed by atoms with Gasteiger partial charge in [0.25, 0.3) is 5.91 Å². The van der Waals surface area contributed by atoms with Crippen molar-refractivity contribution < 1.29 is 9.53 Å². The average molecular weight is 397 g/mol. The number of anilines is 1. The summed E-state index contributed by atoms with van der Waals surface area (Å²) in [5.41, 5.74) is 3.10. The van der Waals surface area contributed by atoms with Gasteiger partial charge in [-0.2, -0.15) is 15.0 Å². The van der Waals surface area contributed by atoms with Crippen molar-refractivity contribution in [1.29, 1.82) is 5.26 Å². The second kappa shape index (κ2) is 8.05. The van der Waals surface area contributed by atoms with Crippen LogP contribution in [0.2, 0.25) is 0 Å². The first-order valence-electron chi connectivity index (χ1n) is 9.39. The molecule has 1 amide bonds. The van der Waals surface area contributed by atoms with Gasteiger partial charge in [0.1, 0.15) is 17.4 Å². The Hall–Kier alpha value is -4.18. The van der Waals surface area contributed by atoms with E-state index in [-0.39, 0.29) is 18.0 Å². The topological polar surface area (TPSA) is 92.8 Å². The number of aryl methyl sites for hydroxylation is 2. The third-order valence-electron chi connectivity index (χ3n) is 4.63. The van der Waals surface area contributed by atoms with Gasteiger partial charge in [-0.1, -0.05) is 30.3 Å². The molecular formula is C23H19N5O2. The van der Waals surface area contributed by atoms with Gasteiger partial charge in [-0.05, 0) is 49.2 Å². The van der Waals surface area contributed by atoms with E-state index in [0.29, 0.717) is 11.6 Å². The summed E-state index contributed by atoms with van der Waals surface area (Å²) in [5.74, 6) is 0.985. The van der Waals surface area contributed by atoms with Crippen molar-refractivity contribution in [1.82, 2.24) is 14.8 Å². The molecule has 2 aromatic carbocycles. The number of carbonyl (C=O) groups excluding carboxylic acids is 1. The zero-order valence-corrected chi connectivity index (χ0v) is 16.6. The highest BCUT2D eigenvalue weighted by Crippen LogP contribution is 2.23. The van der Waals surface area contributed by atoms with Crippen molar-refractivity contribution in [3.63, 3.8) is 0 Å². The molecular weight excluding hydrogens is 378 g/mol. The standard InChI is InChI=1S/C23H19N5O2/c1-15-6-5-7-18(10-15)30-14-22(29)27-23-17(12-24)13-25-28(23)21-11-16(2)19-8-3-4-9-20(19)26-21/h3-11,13H,14H2,1-2H3,(H,27,29). The summed E-state index contributed by atoms with van der Waals surface area (Å²) >= 11 is 0. The molecule has 0 aliphatic carbocycles. The lowest BCUT2D eigenvalue weighted by Crippen LogP contribution is -2.22. The number of pyridine rings is 1. The third-order valence-corrected chi connectivity index (χ3v) is 4.63. The zero-order chi connectivity index (χ0) is 21.1. The Morgan fingerprint density at radius 1 is 1.17 bits per heavy atom. The Balaban J connectivity index is 1.61. The Bertz CT molecular complexity index is 1290. The summed E-state index contributed by atoms with van der Waals surface area (Å²) in [7, 11) is 0. The van der Waals surface area contributed by atoms with Crippen LogP contribution in [0.15, 0.2) is 60.8 Å². The maximum Gasteiger partial charge on any atom is 0.263 e. The van der Waals surface area contributed by atoms with Crippen molar-refractivity contribution in [3.05, 3.63) is 77.5 Å². The molecule has 2 heterocycles. The molecule has 4 rings (SSSR count). The van der Waals surface area contributed by atoms with E-state index in [0.717, 1.165) is 22.0 Å². The fraction of sp³-hybridized carbons (Fsp3) is 0.130. The summed E-state index contributed by atoms with van der Waals surface area (Å²) in [6, 6.07) is 19.1. The maximum absolute atomic E-state index is 12.5. The maximum atomic E-state index is 12.5. The van der Waals surface area contributed by atoms with Gasteiger partial charge in [-0.15, -0.1) is 0 Å². The Morgan fingerprint density at radius 2 is 2.00 bits per heavy atom. The highest BCUT2D eigenvalue weighted by molar-refractivity contribution is 5.92. The summed E-state index contributed by atoms with van der Waals surface area (Å²) in [6.07, 6.45) is 1.41. The van der Waals surface area contributed by atoms with E-state index < -0.39 is 5.91 Å². The van der Waals surface area contributed by atoms with Gasteiger partial charge in [-0.3, -0.25) is 4.79 Å². The summed E-state index contributed by atoms with van der Waals surface area (Å²) in [4.78, 5) is 17.1. The normalized spacial score (nSPS) is 10.6. The summed E-state index contributed by atoms with van der Waals surface area (Å²) in [6.45, 7) is 3.74. The van der Waals surface area contributed by atoms with E-state index in [1.54, 1.807) is 6.07 Å². The Morgan fingerprint density at radius 3 is 2.80 bits per heavy atom. The fourth-order valence-electron chi connectivity index (χ4n) is 3.19. The fourth-order valence-corrected chi connectivity index (χ4v) is 3.19. The summed E-state index contributed by atoms with van der Waals surface area (Å²) < 4.78 is 7.01. The van der Waals surface area contributed by atoms with Crippen LogP contribution in [0.1, 0.15) is 16.7 Å². The number of carbonyl (C=O) groups is 1. The van der Waals surface area contributed by atoms with Crippen LogP contribution >= 0.6 is 0 Å². The number of hydrogen-bond donors (Lipinski definition) is 1. The molecule has 0 bridgehead atoms. The van der Waals surface area contributed by atoms with Gasteiger partial charge in [-0.25, -0.2) is 4.98 Å².